The van der Waals surface area contributed by atoms with Crippen LogP contribution in [0.25, 0.3) is 4.96 Å². The molecule has 0 amide bonds. The van der Waals surface area contributed by atoms with E-state index in [1.165, 1.54) is 0 Å². The molecule has 19 heavy (non-hydrogen) atoms. The van der Waals surface area contributed by atoms with E-state index in [0.717, 1.165) is 27.3 Å². The Labute approximate surface area is 115 Å². The van der Waals surface area contributed by atoms with Crippen LogP contribution in [0.15, 0.2) is 36.0 Å². The molecule has 0 aliphatic heterocycles. The van der Waals surface area contributed by atoms with Crippen LogP contribution in [0, 0.1) is 13.8 Å². The van der Waals surface area contributed by atoms with Crippen molar-refractivity contribution in [2.45, 2.75) is 20.3 Å². The van der Waals surface area contributed by atoms with Gasteiger partial charge in [0.15, 0.2) is 10.7 Å². The summed E-state index contributed by atoms with van der Waals surface area (Å²) in [6.07, 6.45) is 4.25. The van der Waals surface area contributed by atoms with E-state index in [9.17, 15) is 4.79 Å². The van der Waals surface area contributed by atoms with Gasteiger partial charge in [-0.25, -0.2) is 4.98 Å². The first kappa shape index (κ1) is 12.1. The number of hydrogen-bond donors (Lipinski definition) is 0. The molecule has 0 atom stereocenters. The topological polar surface area (TPSA) is 34.4 Å². The summed E-state index contributed by atoms with van der Waals surface area (Å²) in [5, 5.41) is 1.99. The Morgan fingerprint density at radius 2 is 2.05 bits per heavy atom. The predicted molar refractivity (Wildman–Crippen MR) is 77.0 cm³/mol. The molecule has 2 aromatic heterocycles. The Hall–Kier alpha value is -1.94. The Bertz CT molecular complexity index is 706. The number of benzene rings is 1. The van der Waals surface area contributed by atoms with Crippen LogP contribution in [0.4, 0.5) is 0 Å². The fourth-order valence-electron chi connectivity index (χ4n) is 2.37. The minimum Gasteiger partial charge on any atom is -0.297 e. The SMILES string of the molecule is Cc1cccc(C)c1C(=O)Cc1cn2ccsc2n1. The number of nitrogens with zero attached hydrogens (tertiary/aromatic N) is 2. The minimum absolute atomic E-state index is 0.140. The zero-order chi connectivity index (χ0) is 13.4. The molecule has 0 N–H and O–H groups in total. The summed E-state index contributed by atoms with van der Waals surface area (Å²) in [5.74, 6) is 0.140. The second-order valence-electron chi connectivity index (χ2n) is 4.69. The molecule has 0 saturated carbocycles. The van der Waals surface area contributed by atoms with Gasteiger partial charge >= 0.3 is 0 Å². The van der Waals surface area contributed by atoms with E-state index in [2.05, 4.69) is 4.98 Å². The summed E-state index contributed by atoms with van der Waals surface area (Å²) < 4.78 is 1.96. The molecule has 2 heterocycles. The summed E-state index contributed by atoms with van der Waals surface area (Å²) >= 11 is 1.58. The Balaban J connectivity index is 1.91. The molecule has 4 heteroatoms. The van der Waals surface area contributed by atoms with Gasteiger partial charge in [-0.3, -0.25) is 9.20 Å². The van der Waals surface area contributed by atoms with Crippen molar-refractivity contribution >= 4 is 22.1 Å². The molecular formula is C15H14N2OS. The fourth-order valence-corrected chi connectivity index (χ4v) is 3.09. The van der Waals surface area contributed by atoms with Crippen LogP contribution in [0.1, 0.15) is 27.2 Å². The first-order chi connectivity index (χ1) is 9.15. The zero-order valence-corrected chi connectivity index (χ0v) is 11.7. The lowest BCUT2D eigenvalue weighted by Gasteiger charge is -2.07. The van der Waals surface area contributed by atoms with Crippen LogP contribution >= 0.6 is 11.3 Å². The molecule has 0 aliphatic rings. The number of thiazole rings is 1. The molecule has 0 radical (unpaired) electrons. The van der Waals surface area contributed by atoms with Crippen molar-refractivity contribution < 1.29 is 4.79 Å². The van der Waals surface area contributed by atoms with Crippen molar-refractivity contribution in [1.82, 2.24) is 9.38 Å². The lowest BCUT2D eigenvalue weighted by atomic mass is 9.97. The van der Waals surface area contributed by atoms with Crippen molar-refractivity contribution in [3.05, 3.63) is 58.4 Å². The average molecular weight is 270 g/mol. The van der Waals surface area contributed by atoms with Gasteiger partial charge in [-0.1, -0.05) is 18.2 Å². The number of ketones is 1. The molecule has 3 rings (SSSR count). The molecular weight excluding hydrogens is 256 g/mol. The number of carbonyl (C=O) groups is 1. The van der Waals surface area contributed by atoms with Crippen LogP contribution < -0.4 is 0 Å². The first-order valence-electron chi connectivity index (χ1n) is 6.15. The van der Waals surface area contributed by atoms with Gasteiger partial charge < -0.3 is 0 Å². The number of fused-ring (bicyclic) bond motifs is 1. The normalized spacial score (nSPS) is 11.1. The number of aromatic nitrogens is 2. The summed E-state index contributed by atoms with van der Waals surface area (Å²) in [5.41, 5.74) is 3.73. The molecule has 0 spiro atoms. The van der Waals surface area contributed by atoms with Gasteiger partial charge in [-0.15, -0.1) is 11.3 Å². The van der Waals surface area contributed by atoms with Crippen LogP contribution in [-0.4, -0.2) is 15.2 Å². The maximum absolute atomic E-state index is 12.4. The summed E-state index contributed by atoms with van der Waals surface area (Å²) in [7, 11) is 0. The number of imidazole rings is 1. The van der Waals surface area contributed by atoms with E-state index in [4.69, 9.17) is 0 Å². The van der Waals surface area contributed by atoms with Crippen molar-refractivity contribution in [3.8, 4) is 0 Å². The standard InChI is InChI=1S/C15H14N2OS/c1-10-4-3-5-11(2)14(10)13(18)8-12-9-17-6-7-19-15(17)16-12/h3-7,9H,8H2,1-2H3. The van der Waals surface area contributed by atoms with Crippen molar-refractivity contribution in [3.63, 3.8) is 0 Å². The molecule has 0 saturated heterocycles. The highest BCUT2D eigenvalue weighted by Gasteiger charge is 2.14. The second kappa shape index (κ2) is 4.63. The Morgan fingerprint density at radius 1 is 1.32 bits per heavy atom. The Kier molecular flexibility index (Phi) is 2.95. The predicted octanol–water partition coefficient (Wildman–Crippen LogP) is 3.44. The third-order valence-electron chi connectivity index (χ3n) is 3.24. The van der Waals surface area contributed by atoms with Crippen LogP contribution in [0.5, 0.6) is 0 Å². The maximum Gasteiger partial charge on any atom is 0.193 e. The van der Waals surface area contributed by atoms with E-state index in [1.54, 1.807) is 11.3 Å². The van der Waals surface area contributed by atoms with Gasteiger partial charge in [-0.05, 0) is 25.0 Å². The highest BCUT2D eigenvalue weighted by Crippen LogP contribution is 2.17. The lowest BCUT2D eigenvalue weighted by molar-refractivity contribution is 0.0991. The third kappa shape index (κ3) is 2.19. The van der Waals surface area contributed by atoms with Gasteiger partial charge in [0.05, 0.1) is 12.1 Å². The number of Topliss-reactive ketones (excluding diaryl/α,β-unsaturated/α-hetero) is 1. The largest absolute Gasteiger partial charge is 0.297 e. The van der Waals surface area contributed by atoms with Crippen LogP contribution in [0.2, 0.25) is 0 Å². The number of rotatable bonds is 3. The van der Waals surface area contributed by atoms with Crippen LogP contribution in [-0.2, 0) is 6.42 Å². The molecule has 1 aromatic carbocycles. The quantitative estimate of drug-likeness (QED) is 0.683. The molecule has 0 unspecified atom stereocenters. The number of hydrogen-bond acceptors (Lipinski definition) is 3. The first-order valence-corrected chi connectivity index (χ1v) is 7.03. The van der Waals surface area contributed by atoms with Gasteiger partial charge in [0, 0.05) is 23.3 Å². The third-order valence-corrected chi connectivity index (χ3v) is 4.02. The van der Waals surface area contributed by atoms with Gasteiger partial charge in [0.2, 0.25) is 0 Å². The molecule has 3 aromatic rings. The summed E-state index contributed by atoms with van der Waals surface area (Å²) in [4.78, 5) is 17.8. The highest BCUT2D eigenvalue weighted by atomic mass is 32.1. The molecule has 0 aliphatic carbocycles. The van der Waals surface area contributed by atoms with E-state index < -0.39 is 0 Å². The van der Waals surface area contributed by atoms with E-state index in [0.29, 0.717) is 6.42 Å². The maximum atomic E-state index is 12.4. The zero-order valence-electron chi connectivity index (χ0n) is 10.9. The van der Waals surface area contributed by atoms with Gasteiger partial charge in [0.25, 0.3) is 0 Å². The molecule has 0 bridgehead atoms. The monoisotopic (exact) mass is 270 g/mol. The molecule has 3 nitrogen and oxygen atoms in total. The minimum atomic E-state index is 0.140. The van der Waals surface area contributed by atoms with Gasteiger partial charge in [-0.2, -0.15) is 0 Å². The molecule has 0 fully saturated rings. The van der Waals surface area contributed by atoms with E-state index >= 15 is 0 Å². The van der Waals surface area contributed by atoms with Gasteiger partial charge in [0.1, 0.15) is 0 Å². The van der Waals surface area contributed by atoms with Crippen molar-refractivity contribution in [2.24, 2.45) is 0 Å². The average Bonchev–Trinajstić information content (AvgIpc) is 2.89. The van der Waals surface area contributed by atoms with Crippen LogP contribution in [0.3, 0.4) is 0 Å². The van der Waals surface area contributed by atoms with E-state index in [1.807, 2.05) is 54.2 Å². The highest BCUT2D eigenvalue weighted by molar-refractivity contribution is 7.15. The fraction of sp³-hybridized carbons (Fsp3) is 0.200. The molecule has 96 valence electrons. The lowest BCUT2D eigenvalue weighted by Crippen LogP contribution is -2.08. The van der Waals surface area contributed by atoms with E-state index in [-0.39, 0.29) is 5.78 Å². The smallest absolute Gasteiger partial charge is 0.193 e. The second-order valence-corrected chi connectivity index (χ2v) is 5.56. The number of carbonyl (C=O) groups excluding carboxylic acids is 1. The van der Waals surface area contributed by atoms with Crippen molar-refractivity contribution in [1.29, 1.82) is 0 Å². The summed E-state index contributed by atoms with van der Waals surface area (Å²) in [6.45, 7) is 3.96. The summed E-state index contributed by atoms with van der Waals surface area (Å²) in [6, 6.07) is 5.94. The number of aryl methyl sites for hydroxylation is 2. The van der Waals surface area contributed by atoms with Crippen molar-refractivity contribution in [2.75, 3.05) is 0 Å². The Morgan fingerprint density at radius 3 is 2.74 bits per heavy atom.